The second kappa shape index (κ2) is 4.47. The van der Waals surface area contributed by atoms with Crippen molar-refractivity contribution < 1.29 is 4.79 Å². The average Bonchev–Trinajstić information content (AvgIpc) is 2.74. The molecule has 0 radical (unpaired) electrons. The van der Waals surface area contributed by atoms with E-state index in [1.54, 1.807) is 0 Å². The molecule has 2 rings (SSSR count). The molecule has 2 heteroatoms. The van der Waals surface area contributed by atoms with Gasteiger partial charge in [-0.05, 0) is 25.3 Å². The van der Waals surface area contributed by atoms with Crippen LogP contribution in [0.2, 0.25) is 0 Å². The van der Waals surface area contributed by atoms with Gasteiger partial charge in [0.1, 0.15) is 0 Å². The van der Waals surface area contributed by atoms with Crippen molar-refractivity contribution >= 4 is 5.91 Å². The van der Waals surface area contributed by atoms with E-state index in [4.69, 9.17) is 0 Å². The van der Waals surface area contributed by atoms with Gasteiger partial charge in [0.2, 0.25) is 5.91 Å². The Hall–Kier alpha value is -1.31. The van der Waals surface area contributed by atoms with E-state index in [9.17, 15) is 4.79 Å². The van der Waals surface area contributed by atoms with Gasteiger partial charge in [0.15, 0.2) is 0 Å². The molecule has 0 unspecified atom stereocenters. The van der Waals surface area contributed by atoms with Crippen LogP contribution in [0.4, 0.5) is 0 Å². The Bertz CT molecular complexity index is 336. The summed E-state index contributed by atoms with van der Waals surface area (Å²) < 4.78 is 0. The molecule has 0 N–H and O–H groups in total. The van der Waals surface area contributed by atoms with E-state index in [1.165, 1.54) is 18.4 Å². The van der Waals surface area contributed by atoms with Crippen LogP contribution in [0.15, 0.2) is 24.3 Å². The number of amides is 1. The van der Waals surface area contributed by atoms with Crippen molar-refractivity contribution in [1.82, 2.24) is 4.90 Å². The van der Waals surface area contributed by atoms with Gasteiger partial charge in [0.25, 0.3) is 0 Å². The molecule has 0 atom stereocenters. The summed E-state index contributed by atoms with van der Waals surface area (Å²) in [5.41, 5.74) is 2.37. The average molecular weight is 203 g/mol. The van der Waals surface area contributed by atoms with Gasteiger partial charge >= 0.3 is 0 Å². The summed E-state index contributed by atoms with van der Waals surface area (Å²) in [6.07, 6.45) is 2.89. The molecule has 1 aromatic carbocycles. The molecule has 80 valence electrons. The van der Waals surface area contributed by atoms with Crippen molar-refractivity contribution in [2.24, 2.45) is 0 Å². The number of hydrogen-bond donors (Lipinski definition) is 0. The summed E-state index contributed by atoms with van der Waals surface area (Å²) in [6, 6.07) is 8.21. The zero-order valence-electron chi connectivity index (χ0n) is 9.20. The number of carbonyl (C=O) groups is 1. The van der Waals surface area contributed by atoms with Gasteiger partial charge in [0.05, 0.1) is 6.42 Å². The third kappa shape index (κ3) is 2.58. The highest BCUT2D eigenvalue weighted by Crippen LogP contribution is 2.11. The molecule has 0 aliphatic carbocycles. The van der Waals surface area contributed by atoms with Crippen molar-refractivity contribution in [2.45, 2.75) is 26.2 Å². The summed E-state index contributed by atoms with van der Waals surface area (Å²) in [6.45, 7) is 3.96. The van der Waals surface area contributed by atoms with Crippen molar-refractivity contribution in [3.05, 3.63) is 35.4 Å². The SMILES string of the molecule is Cc1ccc(CC(=O)N2CCCC2)cc1. The summed E-state index contributed by atoms with van der Waals surface area (Å²) in [5.74, 6) is 0.274. The molecule has 1 heterocycles. The first kappa shape index (κ1) is 10.2. The first-order valence-corrected chi connectivity index (χ1v) is 5.59. The molecule has 1 amide bonds. The molecule has 1 aliphatic heterocycles. The maximum Gasteiger partial charge on any atom is 0.226 e. The predicted octanol–water partition coefficient (Wildman–Crippen LogP) is 2.16. The molecule has 15 heavy (non-hydrogen) atoms. The Kier molecular flexibility index (Phi) is 3.05. The molecule has 0 bridgehead atoms. The van der Waals surface area contributed by atoms with Crippen LogP contribution in [0, 0.1) is 6.92 Å². The molecular formula is C13H17NO. The standard InChI is InChI=1S/C13H17NO/c1-11-4-6-12(7-5-11)10-13(15)14-8-2-3-9-14/h4-7H,2-3,8-10H2,1H3. The normalized spacial score (nSPS) is 15.7. The van der Waals surface area contributed by atoms with Crippen molar-refractivity contribution in [3.63, 3.8) is 0 Å². The lowest BCUT2D eigenvalue weighted by Crippen LogP contribution is -2.29. The van der Waals surface area contributed by atoms with Crippen LogP contribution in [-0.2, 0) is 11.2 Å². The van der Waals surface area contributed by atoms with E-state index < -0.39 is 0 Å². The lowest BCUT2D eigenvalue weighted by Gasteiger charge is -2.14. The third-order valence-electron chi connectivity index (χ3n) is 2.93. The van der Waals surface area contributed by atoms with Gasteiger partial charge in [-0.15, -0.1) is 0 Å². The lowest BCUT2D eigenvalue weighted by atomic mass is 10.1. The minimum Gasteiger partial charge on any atom is -0.342 e. The van der Waals surface area contributed by atoms with Crippen molar-refractivity contribution in [1.29, 1.82) is 0 Å². The molecule has 2 nitrogen and oxygen atoms in total. The minimum absolute atomic E-state index is 0.274. The molecular weight excluding hydrogens is 186 g/mol. The Balaban J connectivity index is 1.96. The highest BCUT2D eigenvalue weighted by Gasteiger charge is 2.17. The second-order valence-corrected chi connectivity index (χ2v) is 4.25. The quantitative estimate of drug-likeness (QED) is 0.721. The number of rotatable bonds is 2. The lowest BCUT2D eigenvalue weighted by molar-refractivity contribution is -0.129. The largest absolute Gasteiger partial charge is 0.342 e. The monoisotopic (exact) mass is 203 g/mol. The highest BCUT2D eigenvalue weighted by molar-refractivity contribution is 5.79. The fourth-order valence-corrected chi connectivity index (χ4v) is 1.96. The molecule has 0 spiro atoms. The first-order valence-electron chi connectivity index (χ1n) is 5.59. The van der Waals surface area contributed by atoms with E-state index in [0.29, 0.717) is 6.42 Å². The fraction of sp³-hybridized carbons (Fsp3) is 0.462. The molecule has 1 aromatic rings. The Morgan fingerprint density at radius 2 is 1.80 bits per heavy atom. The maximum atomic E-state index is 11.8. The topological polar surface area (TPSA) is 20.3 Å². The van der Waals surface area contributed by atoms with Gasteiger partial charge in [-0.2, -0.15) is 0 Å². The zero-order valence-corrected chi connectivity index (χ0v) is 9.20. The summed E-state index contributed by atoms with van der Waals surface area (Å²) in [4.78, 5) is 13.8. The maximum absolute atomic E-state index is 11.8. The van der Waals surface area contributed by atoms with Gasteiger partial charge < -0.3 is 4.90 Å². The van der Waals surface area contributed by atoms with E-state index in [0.717, 1.165) is 18.7 Å². The number of hydrogen-bond acceptors (Lipinski definition) is 1. The molecule has 0 aromatic heterocycles. The van der Waals surface area contributed by atoms with E-state index >= 15 is 0 Å². The summed E-state index contributed by atoms with van der Waals surface area (Å²) in [7, 11) is 0. The van der Waals surface area contributed by atoms with Crippen LogP contribution in [0.3, 0.4) is 0 Å². The van der Waals surface area contributed by atoms with Gasteiger partial charge in [0, 0.05) is 13.1 Å². The predicted molar refractivity (Wildman–Crippen MR) is 60.7 cm³/mol. The smallest absolute Gasteiger partial charge is 0.226 e. The van der Waals surface area contributed by atoms with Gasteiger partial charge in [-0.25, -0.2) is 0 Å². The first-order chi connectivity index (χ1) is 7.25. The van der Waals surface area contributed by atoms with Crippen LogP contribution in [-0.4, -0.2) is 23.9 Å². The van der Waals surface area contributed by atoms with Crippen LogP contribution < -0.4 is 0 Å². The Morgan fingerprint density at radius 3 is 2.40 bits per heavy atom. The number of likely N-dealkylation sites (tertiary alicyclic amines) is 1. The summed E-state index contributed by atoms with van der Waals surface area (Å²) >= 11 is 0. The van der Waals surface area contributed by atoms with Crippen LogP contribution in [0.1, 0.15) is 24.0 Å². The van der Waals surface area contributed by atoms with Crippen LogP contribution in [0.5, 0.6) is 0 Å². The molecule has 1 aliphatic rings. The highest BCUT2D eigenvalue weighted by atomic mass is 16.2. The molecule has 1 saturated heterocycles. The van der Waals surface area contributed by atoms with Crippen LogP contribution in [0.25, 0.3) is 0 Å². The minimum atomic E-state index is 0.274. The molecule has 1 fully saturated rings. The van der Waals surface area contributed by atoms with Crippen molar-refractivity contribution in [3.8, 4) is 0 Å². The number of aryl methyl sites for hydroxylation is 1. The summed E-state index contributed by atoms with van der Waals surface area (Å²) in [5, 5.41) is 0. The van der Waals surface area contributed by atoms with E-state index in [2.05, 4.69) is 19.1 Å². The Morgan fingerprint density at radius 1 is 1.20 bits per heavy atom. The number of nitrogens with zero attached hydrogens (tertiary/aromatic N) is 1. The Labute approximate surface area is 90.9 Å². The number of benzene rings is 1. The molecule has 0 saturated carbocycles. The fourth-order valence-electron chi connectivity index (χ4n) is 1.96. The second-order valence-electron chi connectivity index (χ2n) is 4.25. The third-order valence-corrected chi connectivity index (χ3v) is 2.93. The van der Waals surface area contributed by atoms with Gasteiger partial charge in [-0.1, -0.05) is 29.8 Å². The zero-order chi connectivity index (χ0) is 10.7. The van der Waals surface area contributed by atoms with E-state index in [1.807, 2.05) is 17.0 Å². The number of carbonyl (C=O) groups excluding carboxylic acids is 1. The van der Waals surface area contributed by atoms with Crippen molar-refractivity contribution in [2.75, 3.05) is 13.1 Å². The van der Waals surface area contributed by atoms with Gasteiger partial charge in [-0.3, -0.25) is 4.79 Å². The van der Waals surface area contributed by atoms with E-state index in [-0.39, 0.29) is 5.91 Å². The van der Waals surface area contributed by atoms with Crippen LogP contribution >= 0.6 is 0 Å².